The van der Waals surface area contributed by atoms with Gasteiger partial charge in [0.25, 0.3) is 0 Å². The predicted molar refractivity (Wildman–Crippen MR) is 241 cm³/mol. The molecule has 0 radical (unpaired) electrons. The maximum atomic E-state index is 15.2. The fourth-order valence-corrected chi connectivity index (χ4v) is 10.1. The molecule has 4 aliphatic heterocycles. The van der Waals surface area contributed by atoms with Crippen LogP contribution in [0.25, 0.3) is 0 Å². The number of hydrogen-bond donors (Lipinski definition) is 3. The number of rotatable bonds is 12. The number of carbonyl (C=O) groups excluding carboxylic acids is 4. The number of ether oxygens (including phenoxy) is 6. The maximum absolute atomic E-state index is 15.2. The van der Waals surface area contributed by atoms with Crippen LogP contribution < -0.4 is 9.80 Å². The van der Waals surface area contributed by atoms with Gasteiger partial charge in [0.2, 0.25) is 0 Å². The Morgan fingerprint density at radius 3 is 2.36 bits per heavy atom. The summed E-state index contributed by atoms with van der Waals surface area (Å²) >= 11 is 0. The number of likely N-dealkylation sites (N-methyl/N-ethyl adjacent to an activating group) is 1. The SMILES string of the molecule is CC[C@H]1OC(=O)[C@H](C)C(=O)[C@H](C)[C@@H](O[C@@H]2O[C@H](C)C[C@H](N(C)CCc3cn(C[C@H]4CN(c5ccc(N6CCOCC6)c(F)c5)C(=O)O4)nn3)[C@H]2O)[C@](C)(OC)C[C@@H](C)C(=O)[C@H](C)[C@@H](O)[C@]1(C)O. The van der Waals surface area contributed by atoms with Gasteiger partial charge in [-0.25, -0.2) is 13.9 Å². The molecule has 1 aromatic heterocycles. The summed E-state index contributed by atoms with van der Waals surface area (Å²) in [4.78, 5) is 59.8. The van der Waals surface area contributed by atoms with Gasteiger partial charge in [0.15, 0.2) is 12.1 Å². The first-order valence-electron chi connectivity index (χ1n) is 23.5. The second-order valence-corrected chi connectivity index (χ2v) is 19.4. The molecule has 0 spiro atoms. The molecular formula is C47H71FN6O13. The number of Topliss-reactive ketones (excluding diaryl/α,β-unsaturated/α-hetero) is 2. The molecule has 1 amide bonds. The summed E-state index contributed by atoms with van der Waals surface area (Å²) < 4.78 is 52.4. The molecule has 0 unspecified atom stereocenters. The van der Waals surface area contributed by atoms with Crippen molar-refractivity contribution in [3.05, 3.63) is 35.9 Å². The highest BCUT2D eigenvalue weighted by atomic mass is 19.1. The number of morpholine rings is 1. The molecular weight excluding hydrogens is 876 g/mol. The molecule has 5 heterocycles. The van der Waals surface area contributed by atoms with Gasteiger partial charge in [0, 0.05) is 63.2 Å². The minimum atomic E-state index is -2.00. The molecule has 4 fully saturated rings. The van der Waals surface area contributed by atoms with E-state index in [2.05, 4.69) is 10.3 Å². The summed E-state index contributed by atoms with van der Waals surface area (Å²) in [7, 11) is 3.29. The Hall–Kier alpha value is -4.15. The second kappa shape index (κ2) is 21.6. The van der Waals surface area contributed by atoms with Crippen LogP contribution in [0, 0.1) is 29.5 Å². The number of carbonyl (C=O) groups is 4. The molecule has 3 N–H and O–H groups in total. The molecule has 4 saturated heterocycles. The van der Waals surface area contributed by atoms with Crippen LogP contribution in [-0.4, -0.2) is 173 Å². The van der Waals surface area contributed by atoms with E-state index in [1.807, 2.05) is 23.8 Å². The van der Waals surface area contributed by atoms with E-state index in [9.17, 15) is 34.5 Å². The van der Waals surface area contributed by atoms with E-state index >= 15 is 4.39 Å². The smallest absolute Gasteiger partial charge is 0.414 e. The van der Waals surface area contributed by atoms with Crippen LogP contribution in [0.2, 0.25) is 0 Å². The largest absolute Gasteiger partial charge is 0.459 e. The van der Waals surface area contributed by atoms with Gasteiger partial charge in [-0.2, -0.15) is 0 Å². The van der Waals surface area contributed by atoms with Crippen molar-refractivity contribution in [1.29, 1.82) is 0 Å². The van der Waals surface area contributed by atoms with Crippen LogP contribution in [0.3, 0.4) is 0 Å². The summed E-state index contributed by atoms with van der Waals surface area (Å²) in [5.41, 5.74) is -1.85. The number of nitrogens with zero attached hydrogens (tertiary/aromatic N) is 6. The molecule has 0 saturated carbocycles. The quantitative estimate of drug-likeness (QED) is 0.206. The van der Waals surface area contributed by atoms with Crippen molar-refractivity contribution >= 4 is 35.0 Å². The van der Waals surface area contributed by atoms with Gasteiger partial charge in [-0.1, -0.05) is 32.9 Å². The third-order valence-corrected chi connectivity index (χ3v) is 14.4. The number of cyclic esters (lactones) is 2. The Balaban J connectivity index is 1.11. The van der Waals surface area contributed by atoms with E-state index in [0.29, 0.717) is 62.8 Å². The highest BCUT2D eigenvalue weighted by molar-refractivity contribution is 6.00. The number of aliphatic hydroxyl groups excluding tert-OH is 2. The molecule has 20 heteroatoms. The average molecular weight is 947 g/mol. The lowest BCUT2D eigenvalue weighted by atomic mass is 9.74. The average Bonchev–Trinajstić information content (AvgIpc) is 3.92. The zero-order valence-corrected chi connectivity index (χ0v) is 40.5. The van der Waals surface area contributed by atoms with Crippen LogP contribution in [0.15, 0.2) is 24.4 Å². The number of aliphatic hydroxyl groups is 3. The number of anilines is 2. The van der Waals surface area contributed by atoms with E-state index < -0.39 is 107 Å². The Kier molecular flexibility index (Phi) is 16.9. The van der Waals surface area contributed by atoms with Crippen molar-refractivity contribution in [3.63, 3.8) is 0 Å². The van der Waals surface area contributed by atoms with Crippen LogP contribution in [0.1, 0.15) is 80.3 Å². The van der Waals surface area contributed by atoms with Gasteiger partial charge in [-0.05, 0) is 72.2 Å². The monoisotopic (exact) mass is 947 g/mol. The Labute approximate surface area is 392 Å². The molecule has 4 aliphatic rings. The molecule has 14 atom stereocenters. The number of ketones is 2. The third-order valence-electron chi connectivity index (χ3n) is 14.4. The highest BCUT2D eigenvalue weighted by Gasteiger charge is 2.52. The zero-order valence-electron chi connectivity index (χ0n) is 40.5. The van der Waals surface area contributed by atoms with Gasteiger partial charge in [0.1, 0.15) is 41.4 Å². The molecule has 0 aliphatic carbocycles. The lowest BCUT2D eigenvalue weighted by molar-refractivity contribution is -0.296. The lowest BCUT2D eigenvalue weighted by Crippen LogP contribution is -2.60. The highest BCUT2D eigenvalue weighted by Crippen LogP contribution is 2.39. The van der Waals surface area contributed by atoms with Crippen LogP contribution >= 0.6 is 0 Å². The van der Waals surface area contributed by atoms with Gasteiger partial charge < -0.3 is 53.5 Å². The van der Waals surface area contributed by atoms with Gasteiger partial charge in [-0.15, -0.1) is 5.10 Å². The Bertz CT molecular complexity index is 2050. The lowest BCUT2D eigenvalue weighted by Gasteiger charge is -2.47. The van der Waals surface area contributed by atoms with E-state index in [0.717, 1.165) is 0 Å². The van der Waals surface area contributed by atoms with Gasteiger partial charge in [0.05, 0.1) is 67.3 Å². The minimum Gasteiger partial charge on any atom is -0.459 e. The number of amides is 1. The summed E-state index contributed by atoms with van der Waals surface area (Å²) in [6, 6.07) is 4.25. The van der Waals surface area contributed by atoms with Crippen molar-refractivity contribution < 1.29 is 67.3 Å². The predicted octanol–water partition coefficient (Wildman–Crippen LogP) is 2.93. The van der Waals surface area contributed by atoms with E-state index in [1.165, 1.54) is 38.8 Å². The van der Waals surface area contributed by atoms with E-state index in [-0.39, 0.29) is 31.7 Å². The third kappa shape index (κ3) is 11.5. The molecule has 0 bridgehead atoms. The molecule has 6 rings (SSSR count). The molecule has 374 valence electrons. The van der Waals surface area contributed by atoms with Crippen molar-refractivity contribution in [1.82, 2.24) is 19.9 Å². The van der Waals surface area contributed by atoms with Crippen molar-refractivity contribution in [2.24, 2.45) is 23.7 Å². The number of hydrogen-bond acceptors (Lipinski definition) is 17. The van der Waals surface area contributed by atoms with E-state index in [4.69, 9.17) is 28.4 Å². The fourth-order valence-electron chi connectivity index (χ4n) is 10.1. The summed E-state index contributed by atoms with van der Waals surface area (Å²) in [5.74, 6) is -6.44. The molecule has 2 aromatic rings. The number of methoxy groups -OCH3 is 1. The number of esters is 1. The molecule has 67 heavy (non-hydrogen) atoms. The summed E-state index contributed by atoms with van der Waals surface area (Å²) in [6.07, 6.45) is -5.20. The van der Waals surface area contributed by atoms with Gasteiger partial charge in [-0.3, -0.25) is 19.3 Å². The normalized spacial score (nSPS) is 36.3. The molecule has 19 nitrogen and oxygen atoms in total. The fraction of sp³-hybridized carbons (Fsp3) is 0.745. The Morgan fingerprint density at radius 2 is 1.70 bits per heavy atom. The van der Waals surface area contributed by atoms with Crippen molar-refractivity contribution in [2.75, 3.05) is 63.4 Å². The second-order valence-electron chi connectivity index (χ2n) is 19.4. The maximum Gasteiger partial charge on any atom is 0.414 e. The number of benzene rings is 1. The summed E-state index contributed by atoms with van der Waals surface area (Å²) in [6.45, 7) is 15.8. The standard InChI is InChI=1S/C47H71FN6O13/c1-11-37-47(8,61)41(58)28(4)38(55)26(2)22-46(7,62-10)42(29(5)39(56)30(6)43(59)66-37)67-44-40(57)36(20-27(3)64-44)51(9)15-14-31-23-53(50-49-31)24-33-25-54(45(60)65-33)32-12-13-35(34(48)21-32)52-16-18-63-19-17-52/h12-13,21,23,26-30,33,36-37,40-42,44,57-58,61H,11,14-20,22,24-25H2,1-10H3/t26-,27-,28+,29+,30-,33+,36+,37-,40-,41-,42-,44+,46-,47-/m1/s1. The topological polar surface area (TPSA) is 225 Å². The first kappa shape index (κ1) is 52.2. The first-order valence-corrected chi connectivity index (χ1v) is 23.5. The van der Waals surface area contributed by atoms with Crippen LogP contribution in [0.5, 0.6) is 0 Å². The van der Waals surface area contributed by atoms with Crippen LogP contribution in [0.4, 0.5) is 20.6 Å². The Morgan fingerprint density at radius 1 is 1.00 bits per heavy atom. The van der Waals surface area contributed by atoms with Crippen molar-refractivity contribution in [2.45, 2.75) is 148 Å². The molecule has 1 aromatic carbocycles. The zero-order chi connectivity index (χ0) is 49.1. The first-order chi connectivity index (χ1) is 31.6. The summed E-state index contributed by atoms with van der Waals surface area (Å²) in [5, 5.41) is 43.3. The van der Waals surface area contributed by atoms with Crippen LogP contribution in [-0.2, 0) is 55.8 Å². The van der Waals surface area contributed by atoms with Gasteiger partial charge >= 0.3 is 12.1 Å². The van der Waals surface area contributed by atoms with Crippen molar-refractivity contribution in [3.8, 4) is 0 Å². The van der Waals surface area contributed by atoms with E-state index in [1.54, 1.807) is 50.7 Å². The minimum absolute atomic E-state index is 0.0210. The number of halogens is 1. The number of aromatic nitrogens is 3.